The third-order valence-electron chi connectivity index (χ3n) is 3.93. The number of aryl methyl sites for hydroxylation is 2. The van der Waals surface area contributed by atoms with Crippen LogP contribution in [-0.4, -0.2) is 15.4 Å². The Morgan fingerprint density at radius 3 is 2.48 bits per heavy atom. The summed E-state index contributed by atoms with van der Waals surface area (Å²) >= 11 is 0. The van der Waals surface area contributed by atoms with Gasteiger partial charge in [-0.05, 0) is 43.5 Å². The second kappa shape index (κ2) is 8.23. The lowest BCUT2D eigenvalue weighted by Gasteiger charge is -2.10. The molecule has 0 spiro atoms. The summed E-state index contributed by atoms with van der Waals surface area (Å²) in [6, 6.07) is 10.1. The Morgan fingerprint density at radius 2 is 1.88 bits per heavy atom. The zero-order valence-corrected chi connectivity index (χ0v) is 14.3. The molecule has 1 heterocycles. The van der Waals surface area contributed by atoms with Gasteiger partial charge in [0.15, 0.2) is 0 Å². The van der Waals surface area contributed by atoms with Crippen LogP contribution in [0.4, 0.5) is 11.4 Å². The topological polar surface area (TPSA) is 94.2 Å². The van der Waals surface area contributed by atoms with Gasteiger partial charge in [-0.15, -0.1) is 0 Å². The molecule has 1 aromatic carbocycles. The molecule has 1 N–H and O–H groups in total. The van der Waals surface area contributed by atoms with Gasteiger partial charge in [-0.1, -0.05) is 25.5 Å². The molecule has 1 aromatic heterocycles. The molecule has 0 saturated carbocycles. The first-order valence-corrected chi connectivity index (χ1v) is 8.16. The fourth-order valence-corrected chi connectivity index (χ4v) is 2.47. The summed E-state index contributed by atoms with van der Waals surface area (Å²) in [6.45, 7) is 3.48. The van der Waals surface area contributed by atoms with E-state index < -0.39 is 22.1 Å². The van der Waals surface area contributed by atoms with Gasteiger partial charge in [0, 0.05) is 17.4 Å². The molecule has 7 heteroatoms. The monoisotopic (exact) mass is 343 g/mol. The number of nitrogens with zero attached hydrogens (tertiary/aromatic N) is 2. The summed E-state index contributed by atoms with van der Waals surface area (Å²) in [5.74, 6) is -0.410. The molecule has 0 unspecified atom stereocenters. The number of carbonyl (C=O) groups is 1. The highest BCUT2D eigenvalue weighted by Crippen LogP contribution is 2.12. The maximum Gasteiger partial charge on any atom is 0.334 e. The molecule has 0 bridgehead atoms. The third-order valence-corrected chi connectivity index (χ3v) is 3.93. The van der Waals surface area contributed by atoms with Crippen molar-refractivity contribution in [2.75, 3.05) is 5.32 Å². The number of hydrogen-bond acceptors (Lipinski definition) is 4. The van der Waals surface area contributed by atoms with Gasteiger partial charge in [0.25, 0.3) is 0 Å². The van der Waals surface area contributed by atoms with Crippen LogP contribution in [0.5, 0.6) is 0 Å². The van der Waals surface area contributed by atoms with Crippen LogP contribution in [-0.2, 0) is 17.8 Å². The molecular weight excluding hydrogens is 322 g/mol. The van der Waals surface area contributed by atoms with Crippen molar-refractivity contribution in [2.24, 2.45) is 0 Å². The van der Waals surface area contributed by atoms with E-state index in [2.05, 4.69) is 12.2 Å². The third kappa shape index (κ3) is 4.76. The molecule has 2 rings (SSSR count). The summed E-state index contributed by atoms with van der Waals surface area (Å²) in [6.07, 6.45) is 3.23. The summed E-state index contributed by atoms with van der Waals surface area (Å²) in [5, 5.41) is 13.6. The smallest absolute Gasteiger partial charge is 0.325 e. The van der Waals surface area contributed by atoms with Crippen molar-refractivity contribution >= 4 is 17.3 Å². The number of nitro groups is 1. The van der Waals surface area contributed by atoms with Crippen LogP contribution >= 0.6 is 0 Å². The number of unbranched alkanes of at least 4 members (excludes halogenated alkanes) is 1. The van der Waals surface area contributed by atoms with Crippen molar-refractivity contribution in [3.63, 3.8) is 0 Å². The lowest BCUT2D eigenvalue weighted by Crippen LogP contribution is -2.30. The quantitative estimate of drug-likeness (QED) is 0.617. The highest BCUT2D eigenvalue weighted by Gasteiger charge is 2.17. The van der Waals surface area contributed by atoms with Crippen LogP contribution < -0.4 is 10.9 Å². The lowest BCUT2D eigenvalue weighted by atomic mass is 10.1. The standard InChI is InChI=1S/C18H21N3O4/c1-3-4-5-14-7-9-15(10-8-14)19-17(22)12-20-13(2)6-11-16(18(20)23)21(24)25/h6-11H,3-5,12H2,1-2H3,(H,19,22). The Labute approximate surface area is 145 Å². The maximum atomic E-state index is 12.2. The normalized spacial score (nSPS) is 10.5. The van der Waals surface area contributed by atoms with Crippen LogP contribution in [0.25, 0.3) is 0 Å². The van der Waals surface area contributed by atoms with Gasteiger partial charge in [-0.3, -0.25) is 24.3 Å². The first kappa shape index (κ1) is 18.4. The lowest BCUT2D eigenvalue weighted by molar-refractivity contribution is -0.386. The van der Waals surface area contributed by atoms with Gasteiger partial charge in [-0.25, -0.2) is 0 Å². The number of benzene rings is 1. The van der Waals surface area contributed by atoms with Crippen molar-refractivity contribution in [1.29, 1.82) is 0 Å². The van der Waals surface area contributed by atoms with Crippen LogP contribution in [0.1, 0.15) is 31.0 Å². The SMILES string of the molecule is CCCCc1ccc(NC(=O)Cn2c(C)ccc([N+](=O)[O-])c2=O)cc1. The molecule has 0 aliphatic carbocycles. The second-order valence-corrected chi connectivity index (χ2v) is 5.86. The molecule has 2 aromatic rings. The summed E-state index contributed by atoms with van der Waals surface area (Å²) in [5.41, 5.74) is 0.987. The minimum absolute atomic E-state index is 0.274. The second-order valence-electron chi connectivity index (χ2n) is 5.86. The van der Waals surface area contributed by atoms with Gasteiger partial charge in [0.2, 0.25) is 5.91 Å². The Kier molecular flexibility index (Phi) is 6.05. The number of hydrogen-bond donors (Lipinski definition) is 1. The number of pyridine rings is 1. The molecule has 0 fully saturated rings. The van der Waals surface area contributed by atoms with E-state index in [9.17, 15) is 19.7 Å². The van der Waals surface area contributed by atoms with E-state index >= 15 is 0 Å². The molecule has 0 atom stereocenters. The number of nitrogens with one attached hydrogen (secondary N) is 1. The summed E-state index contributed by atoms with van der Waals surface area (Å²) in [4.78, 5) is 34.4. The molecule has 0 aliphatic heterocycles. The van der Waals surface area contributed by atoms with Crippen molar-refractivity contribution < 1.29 is 9.72 Å². The van der Waals surface area contributed by atoms with E-state index in [1.165, 1.54) is 11.6 Å². The fraction of sp³-hybridized carbons (Fsp3) is 0.333. The Morgan fingerprint density at radius 1 is 1.20 bits per heavy atom. The van der Waals surface area contributed by atoms with Crippen molar-refractivity contribution in [3.05, 3.63) is 68.1 Å². The maximum absolute atomic E-state index is 12.2. The fourth-order valence-electron chi connectivity index (χ4n) is 2.47. The molecule has 0 saturated heterocycles. The average Bonchev–Trinajstić information content (AvgIpc) is 2.57. The van der Waals surface area contributed by atoms with Gasteiger partial charge in [0.1, 0.15) is 6.54 Å². The Hall–Kier alpha value is -2.96. The van der Waals surface area contributed by atoms with E-state index in [0.29, 0.717) is 11.4 Å². The summed E-state index contributed by atoms with van der Waals surface area (Å²) < 4.78 is 1.10. The Bertz CT molecular complexity index is 825. The van der Waals surface area contributed by atoms with Gasteiger partial charge in [-0.2, -0.15) is 0 Å². The molecular formula is C18H21N3O4. The number of anilines is 1. The number of rotatable bonds is 7. The first-order valence-electron chi connectivity index (χ1n) is 8.16. The highest BCUT2D eigenvalue weighted by atomic mass is 16.6. The molecule has 7 nitrogen and oxygen atoms in total. The average molecular weight is 343 g/mol. The zero-order valence-electron chi connectivity index (χ0n) is 14.3. The van der Waals surface area contributed by atoms with Crippen LogP contribution in [0.2, 0.25) is 0 Å². The van der Waals surface area contributed by atoms with Crippen molar-refractivity contribution in [3.8, 4) is 0 Å². The minimum Gasteiger partial charge on any atom is -0.325 e. The number of amides is 1. The minimum atomic E-state index is -0.782. The largest absolute Gasteiger partial charge is 0.334 e. The van der Waals surface area contributed by atoms with Crippen LogP contribution in [0.3, 0.4) is 0 Å². The molecule has 1 amide bonds. The van der Waals surface area contributed by atoms with E-state index in [0.717, 1.165) is 29.9 Å². The molecule has 0 aliphatic rings. The van der Waals surface area contributed by atoms with E-state index in [-0.39, 0.29) is 6.54 Å². The van der Waals surface area contributed by atoms with Crippen LogP contribution in [0, 0.1) is 17.0 Å². The predicted molar refractivity (Wildman–Crippen MR) is 95.8 cm³/mol. The zero-order chi connectivity index (χ0) is 18.4. The molecule has 25 heavy (non-hydrogen) atoms. The highest BCUT2D eigenvalue weighted by molar-refractivity contribution is 5.90. The van der Waals surface area contributed by atoms with Crippen molar-refractivity contribution in [1.82, 2.24) is 4.57 Å². The number of aromatic nitrogens is 1. The van der Waals surface area contributed by atoms with E-state index in [1.807, 2.05) is 24.3 Å². The van der Waals surface area contributed by atoms with Gasteiger partial charge >= 0.3 is 11.2 Å². The Balaban J connectivity index is 2.09. The first-order chi connectivity index (χ1) is 11.9. The predicted octanol–water partition coefficient (Wildman–Crippen LogP) is 3.05. The van der Waals surface area contributed by atoms with E-state index in [4.69, 9.17) is 0 Å². The van der Waals surface area contributed by atoms with Gasteiger partial charge in [0.05, 0.1) is 4.92 Å². The molecule has 132 valence electrons. The molecule has 0 radical (unpaired) electrons. The summed E-state index contributed by atoms with van der Waals surface area (Å²) in [7, 11) is 0. The van der Waals surface area contributed by atoms with Crippen molar-refractivity contribution in [2.45, 2.75) is 39.7 Å². The van der Waals surface area contributed by atoms with E-state index in [1.54, 1.807) is 6.92 Å². The number of carbonyl (C=O) groups excluding carboxylic acids is 1. The van der Waals surface area contributed by atoms with Gasteiger partial charge < -0.3 is 5.32 Å². The van der Waals surface area contributed by atoms with Crippen LogP contribution in [0.15, 0.2) is 41.2 Å².